The molecule has 1 aliphatic rings. The summed E-state index contributed by atoms with van der Waals surface area (Å²) in [7, 11) is 3.20. The van der Waals surface area contributed by atoms with Crippen LogP contribution in [0.3, 0.4) is 0 Å². The Kier molecular flexibility index (Phi) is 8.00. The second-order valence-corrected chi connectivity index (χ2v) is 9.24. The molecular weight excluding hydrogens is 482 g/mol. The number of amides is 1. The molecule has 35 heavy (non-hydrogen) atoms. The maximum atomic E-state index is 13.4. The minimum atomic E-state index is -0.562. The third-order valence-electron chi connectivity index (χ3n) is 5.52. The Bertz CT molecular complexity index is 1260. The zero-order valence-electron chi connectivity index (χ0n) is 19.7. The summed E-state index contributed by atoms with van der Waals surface area (Å²) in [6, 6.07) is 22.1. The molecule has 0 aromatic heterocycles. The summed E-state index contributed by atoms with van der Waals surface area (Å²) < 4.78 is 11.0. The van der Waals surface area contributed by atoms with E-state index in [-0.39, 0.29) is 5.91 Å². The summed E-state index contributed by atoms with van der Waals surface area (Å²) >= 11 is 7.57. The zero-order valence-corrected chi connectivity index (χ0v) is 21.2. The van der Waals surface area contributed by atoms with Gasteiger partial charge in [-0.15, -0.1) is 0 Å². The van der Waals surface area contributed by atoms with Crippen molar-refractivity contribution in [3.63, 3.8) is 0 Å². The van der Waals surface area contributed by atoms with Gasteiger partial charge in [0.2, 0.25) is 0 Å². The van der Waals surface area contributed by atoms with E-state index in [2.05, 4.69) is 10.6 Å². The van der Waals surface area contributed by atoms with Crippen molar-refractivity contribution >= 4 is 40.1 Å². The molecule has 8 heteroatoms. The number of carbonyl (C=O) groups excluding carboxylic acids is 1. The average Bonchev–Trinajstić information content (AvgIpc) is 2.88. The third-order valence-corrected chi connectivity index (χ3v) is 6.73. The molecule has 0 spiro atoms. The zero-order chi connectivity index (χ0) is 24.8. The molecule has 3 aromatic carbocycles. The van der Waals surface area contributed by atoms with E-state index in [1.165, 1.54) is 0 Å². The molecule has 3 aromatic rings. The molecular formula is C27H26ClN3O3S. The second kappa shape index (κ2) is 11.3. The van der Waals surface area contributed by atoms with Crippen molar-refractivity contribution in [3.8, 4) is 11.5 Å². The third kappa shape index (κ3) is 5.99. The van der Waals surface area contributed by atoms with Crippen LogP contribution in [-0.2, 0) is 10.5 Å². The number of benzene rings is 3. The summed E-state index contributed by atoms with van der Waals surface area (Å²) in [5.74, 6) is 1.74. The van der Waals surface area contributed by atoms with E-state index in [9.17, 15) is 4.79 Å². The standard InChI is InChI=1S/C27H26ClN3O3S/c1-17-24(26(32)30-20-7-5-4-6-8-20)25(22-14-13-21(33-2)15-23(22)34-3)31-27(29-17)35-16-18-9-11-19(28)12-10-18/h4-15,25H,16H2,1-3H3,(H,29,31)(H,30,32)/t25-/m1/s1. The first-order valence-corrected chi connectivity index (χ1v) is 12.4. The summed E-state index contributed by atoms with van der Waals surface area (Å²) in [6.07, 6.45) is 0. The SMILES string of the molecule is COc1ccc([C@H]2N=C(SCc3ccc(Cl)cc3)NC(C)=C2C(=O)Nc2ccccc2)c(OC)c1. The number of hydrogen-bond acceptors (Lipinski definition) is 6. The molecule has 2 N–H and O–H groups in total. The number of methoxy groups -OCH3 is 2. The lowest BCUT2D eigenvalue weighted by molar-refractivity contribution is -0.113. The topological polar surface area (TPSA) is 72.0 Å². The van der Waals surface area contributed by atoms with Crippen LogP contribution in [0.2, 0.25) is 5.02 Å². The molecule has 0 aliphatic carbocycles. The van der Waals surface area contributed by atoms with Crippen LogP contribution < -0.4 is 20.1 Å². The van der Waals surface area contributed by atoms with Crippen molar-refractivity contribution < 1.29 is 14.3 Å². The smallest absolute Gasteiger partial charge is 0.255 e. The van der Waals surface area contributed by atoms with Crippen molar-refractivity contribution in [2.75, 3.05) is 19.5 Å². The van der Waals surface area contributed by atoms with Crippen molar-refractivity contribution in [2.45, 2.75) is 18.7 Å². The molecule has 0 fully saturated rings. The number of ether oxygens (including phenoxy) is 2. The van der Waals surface area contributed by atoms with E-state index in [0.29, 0.717) is 33.5 Å². The van der Waals surface area contributed by atoms with Gasteiger partial charge in [-0.1, -0.05) is 53.7 Å². The van der Waals surface area contributed by atoms with E-state index in [1.807, 2.05) is 73.7 Å². The van der Waals surface area contributed by atoms with Crippen molar-refractivity contribution in [1.82, 2.24) is 5.32 Å². The summed E-state index contributed by atoms with van der Waals surface area (Å²) in [4.78, 5) is 18.4. The number of nitrogens with one attached hydrogen (secondary N) is 2. The number of amidine groups is 1. The number of carbonyl (C=O) groups is 1. The van der Waals surface area contributed by atoms with Gasteiger partial charge < -0.3 is 20.1 Å². The molecule has 0 radical (unpaired) electrons. The van der Waals surface area contributed by atoms with Crippen LogP contribution in [0, 0.1) is 0 Å². The fraction of sp³-hybridized carbons (Fsp3) is 0.185. The highest BCUT2D eigenvalue weighted by Gasteiger charge is 2.31. The quantitative estimate of drug-likeness (QED) is 0.398. The van der Waals surface area contributed by atoms with Gasteiger partial charge >= 0.3 is 0 Å². The first-order valence-electron chi connectivity index (χ1n) is 11.0. The Hall–Kier alpha value is -3.42. The number of hydrogen-bond donors (Lipinski definition) is 2. The van der Waals surface area contributed by atoms with Crippen LogP contribution in [0.5, 0.6) is 11.5 Å². The summed E-state index contributed by atoms with van der Waals surface area (Å²) in [5.41, 5.74) is 3.86. The average molecular weight is 508 g/mol. The van der Waals surface area contributed by atoms with E-state index in [0.717, 1.165) is 22.0 Å². The highest BCUT2D eigenvalue weighted by molar-refractivity contribution is 8.13. The Balaban J connectivity index is 1.67. The van der Waals surface area contributed by atoms with Gasteiger partial charge in [0.15, 0.2) is 5.17 Å². The number of allylic oxidation sites excluding steroid dienone is 1. The molecule has 6 nitrogen and oxygen atoms in total. The fourth-order valence-corrected chi connectivity index (χ4v) is 4.76. The number of para-hydroxylation sites is 1. The number of nitrogens with zero attached hydrogens (tertiary/aromatic N) is 1. The number of rotatable bonds is 7. The highest BCUT2D eigenvalue weighted by atomic mass is 35.5. The van der Waals surface area contributed by atoms with Gasteiger partial charge in [-0.3, -0.25) is 4.79 Å². The Morgan fingerprint density at radius 3 is 2.49 bits per heavy atom. The van der Waals surface area contributed by atoms with Crippen LogP contribution >= 0.6 is 23.4 Å². The lowest BCUT2D eigenvalue weighted by atomic mass is 9.95. The van der Waals surface area contributed by atoms with Gasteiger partial charge in [-0.05, 0) is 48.9 Å². The van der Waals surface area contributed by atoms with Crippen molar-refractivity contribution in [1.29, 1.82) is 0 Å². The number of thioether (sulfide) groups is 1. The van der Waals surface area contributed by atoms with E-state index >= 15 is 0 Å². The van der Waals surface area contributed by atoms with E-state index < -0.39 is 6.04 Å². The first-order chi connectivity index (χ1) is 17.0. The Morgan fingerprint density at radius 1 is 1.06 bits per heavy atom. The van der Waals surface area contributed by atoms with Gasteiger partial charge in [0, 0.05) is 33.8 Å². The number of halogens is 1. The predicted octanol–water partition coefficient (Wildman–Crippen LogP) is 6.20. The predicted molar refractivity (Wildman–Crippen MR) is 143 cm³/mol. The Labute approximate surface area is 214 Å². The molecule has 0 bridgehead atoms. The van der Waals surface area contributed by atoms with Crippen molar-refractivity contribution in [3.05, 3.63) is 100 Å². The van der Waals surface area contributed by atoms with Gasteiger partial charge in [0.25, 0.3) is 5.91 Å². The molecule has 1 atom stereocenters. The van der Waals surface area contributed by atoms with Gasteiger partial charge in [-0.25, -0.2) is 4.99 Å². The van der Waals surface area contributed by atoms with E-state index in [1.54, 1.807) is 32.0 Å². The molecule has 1 aliphatic heterocycles. The molecule has 4 rings (SSSR count). The van der Waals surface area contributed by atoms with Crippen LogP contribution in [0.25, 0.3) is 0 Å². The van der Waals surface area contributed by atoms with Crippen LogP contribution in [0.15, 0.2) is 89.1 Å². The largest absolute Gasteiger partial charge is 0.497 e. The van der Waals surface area contributed by atoms with Gasteiger partial charge in [0.05, 0.1) is 19.8 Å². The van der Waals surface area contributed by atoms with Gasteiger partial charge in [0.1, 0.15) is 17.5 Å². The lowest BCUT2D eigenvalue weighted by Gasteiger charge is -2.27. The molecule has 180 valence electrons. The summed E-state index contributed by atoms with van der Waals surface area (Å²) in [6.45, 7) is 1.89. The normalized spacial score (nSPS) is 15.2. The maximum Gasteiger partial charge on any atom is 0.255 e. The number of aliphatic imine (C=N–C) groups is 1. The van der Waals surface area contributed by atoms with Crippen LogP contribution in [0.4, 0.5) is 5.69 Å². The lowest BCUT2D eigenvalue weighted by Crippen LogP contribution is -2.32. The van der Waals surface area contributed by atoms with Gasteiger partial charge in [-0.2, -0.15) is 0 Å². The molecule has 1 heterocycles. The van der Waals surface area contributed by atoms with Crippen molar-refractivity contribution in [2.24, 2.45) is 4.99 Å². The first kappa shape index (κ1) is 24.7. The minimum absolute atomic E-state index is 0.227. The maximum absolute atomic E-state index is 13.4. The van der Waals surface area contributed by atoms with Crippen LogP contribution in [0.1, 0.15) is 24.1 Å². The molecule has 1 amide bonds. The Morgan fingerprint density at radius 2 is 1.80 bits per heavy atom. The minimum Gasteiger partial charge on any atom is -0.497 e. The van der Waals surface area contributed by atoms with E-state index in [4.69, 9.17) is 26.1 Å². The number of anilines is 1. The second-order valence-electron chi connectivity index (χ2n) is 7.84. The fourth-order valence-electron chi connectivity index (χ4n) is 3.74. The van der Waals surface area contributed by atoms with Crippen LogP contribution in [-0.4, -0.2) is 25.3 Å². The monoisotopic (exact) mass is 507 g/mol. The molecule has 0 saturated carbocycles. The highest BCUT2D eigenvalue weighted by Crippen LogP contribution is 2.39. The molecule has 0 unspecified atom stereocenters. The summed E-state index contributed by atoms with van der Waals surface area (Å²) in [5, 5.41) is 7.72. The molecule has 0 saturated heterocycles.